The average molecular weight is 342 g/mol. The fraction of sp³-hybridized carbons (Fsp3) is 0.167. The zero-order valence-corrected chi connectivity index (χ0v) is 12.7. The average Bonchev–Trinajstić information content (AvgIpc) is 2.35. The van der Waals surface area contributed by atoms with Gasteiger partial charge in [0, 0.05) is 12.4 Å². The third kappa shape index (κ3) is 5.15. The first-order chi connectivity index (χ1) is 10.1. The van der Waals surface area contributed by atoms with Crippen molar-refractivity contribution in [2.75, 3.05) is 0 Å². The molecule has 0 radical (unpaired) electrons. The maximum Gasteiger partial charge on any atom is 0.0988 e. The van der Waals surface area contributed by atoms with Crippen LogP contribution in [0.25, 0.3) is 11.4 Å². The highest BCUT2D eigenvalue weighted by Crippen LogP contribution is 2.18. The zero-order valence-electron chi connectivity index (χ0n) is 11.0. The van der Waals surface area contributed by atoms with Crippen LogP contribution in [0.15, 0.2) is 36.7 Å². The molecule has 0 unspecified atom stereocenters. The van der Waals surface area contributed by atoms with Crippen LogP contribution in [0.2, 0.25) is 0 Å². The molecule has 10 heteroatoms. The second-order valence-corrected chi connectivity index (χ2v) is 7.31. The van der Waals surface area contributed by atoms with E-state index in [0.717, 1.165) is 0 Å². The van der Waals surface area contributed by atoms with Crippen LogP contribution < -0.4 is 0 Å². The molecule has 0 amide bonds. The van der Waals surface area contributed by atoms with E-state index in [0.29, 0.717) is 0 Å². The van der Waals surface area contributed by atoms with Crippen LogP contribution in [0, 0.1) is 0 Å². The van der Waals surface area contributed by atoms with Gasteiger partial charge in [-0.1, -0.05) is 0 Å². The summed E-state index contributed by atoms with van der Waals surface area (Å²) in [6, 6.07) is 5.50. The summed E-state index contributed by atoms with van der Waals surface area (Å²) in [6.07, 6.45) is 2.63. The zero-order chi connectivity index (χ0) is 16.4. The Kier molecular flexibility index (Phi) is 4.56. The van der Waals surface area contributed by atoms with Gasteiger partial charge >= 0.3 is 0 Å². The smallest absolute Gasteiger partial charge is 0.0988 e. The summed E-state index contributed by atoms with van der Waals surface area (Å²) in [7, 11) is -8.85. The van der Waals surface area contributed by atoms with E-state index in [2.05, 4.69) is 9.97 Å². The lowest BCUT2D eigenvalue weighted by Crippen LogP contribution is -2.04. The molecule has 2 aromatic rings. The van der Waals surface area contributed by atoms with Gasteiger partial charge in [-0.2, -0.15) is 0 Å². The number of nitrogens with zero attached hydrogens (tertiary/aromatic N) is 2. The molecule has 2 heterocycles. The number of hydrogen-bond acceptors (Lipinski definition) is 8. The molecular weight excluding hydrogens is 332 g/mol. The van der Waals surface area contributed by atoms with E-state index in [4.69, 9.17) is 0 Å². The predicted molar refractivity (Wildman–Crippen MR) is 74.3 cm³/mol. The summed E-state index contributed by atoms with van der Waals surface area (Å²) in [4.78, 5) is 7.98. The Balaban J connectivity index is 2.36. The Hall–Kier alpha value is -1.88. The standard InChI is InChI=1S/C12H12N2O6S2/c15-21(16,17)7-9-1-3-13-11(5-9)12-6-10(2-4-14-12)8-22(18,19)20/h1-6H,7-8H2,(H,15,16,17)(H,18,19,20)/p-2. The lowest BCUT2D eigenvalue weighted by atomic mass is 10.1. The van der Waals surface area contributed by atoms with E-state index in [1.165, 1.54) is 36.7 Å². The van der Waals surface area contributed by atoms with Crippen LogP contribution in [-0.4, -0.2) is 35.9 Å². The molecule has 0 spiro atoms. The van der Waals surface area contributed by atoms with E-state index < -0.39 is 31.7 Å². The Labute approximate surface area is 127 Å². The predicted octanol–water partition coefficient (Wildman–Crippen LogP) is 0.234. The summed E-state index contributed by atoms with van der Waals surface area (Å²) < 4.78 is 64.6. The Morgan fingerprint density at radius 2 is 1.14 bits per heavy atom. The molecule has 22 heavy (non-hydrogen) atoms. The molecule has 0 aliphatic carbocycles. The fourth-order valence-corrected chi connectivity index (χ4v) is 2.99. The summed E-state index contributed by atoms with van der Waals surface area (Å²) in [5.41, 5.74) is 1.02. The summed E-state index contributed by atoms with van der Waals surface area (Å²) >= 11 is 0. The Morgan fingerprint density at radius 1 is 0.773 bits per heavy atom. The van der Waals surface area contributed by atoms with Crippen molar-refractivity contribution in [2.45, 2.75) is 11.5 Å². The molecule has 0 atom stereocenters. The summed E-state index contributed by atoms with van der Waals surface area (Å²) in [6.45, 7) is 0. The van der Waals surface area contributed by atoms with E-state index >= 15 is 0 Å². The third-order valence-electron chi connectivity index (χ3n) is 2.60. The minimum atomic E-state index is -4.43. The summed E-state index contributed by atoms with van der Waals surface area (Å²) in [5, 5.41) is 0. The molecule has 0 fully saturated rings. The lowest BCUT2D eigenvalue weighted by Gasteiger charge is -2.09. The first-order valence-electron chi connectivity index (χ1n) is 5.90. The van der Waals surface area contributed by atoms with Crippen LogP contribution in [-0.2, 0) is 31.7 Å². The van der Waals surface area contributed by atoms with Crippen molar-refractivity contribution in [3.8, 4) is 11.4 Å². The van der Waals surface area contributed by atoms with E-state index in [9.17, 15) is 25.9 Å². The number of rotatable bonds is 5. The normalized spacial score (nSPS) is 12.3. The number of hydrogen-bond donors (Lipinski definition) is 0. The molecule has 0 aliphatic rings. The first kappa shape index (κ1) is 16.5. The van der Waals surface area contributed by atoms with Crippen molar-refractivity contribution in [3.63, 3.8) is 0 Å². The van der Waals surface area contributed by atoms with Gasteiger partial charge in [0.1, 0.15) is 0 Å². The molecular formula is C12H10N2O6S2-2. The van der Waals surface area contributed by atoms with Gasteiger partial charge in [-0.25, -0.2) is 16.8 Å². The van der Waals surface area contributed by atoms with Crippen molar-refractivity contribution in [1.29, 1.82) is 0 Å². The quantitative estimate of drug-likeness (QED) is 0.703. The Morgan fingerprint density at radius 3 is 1.45 bits per heavy atom. The monoisotopic (exact) mass is 342 g/mol. The highest BCUT2D eigenvalue weighted by molar-refractivity contribution is 7.85. The van der Waals surface area contributed by atoms with Gasteiger partial charge in [0.05, 0.1) is 43.1 Å². The number of pyridine rings is 2. The van der Waals surface area contributed by atoms with Crippen molar-refractivity contribution in [3.05, 3.63) is 47.8 Å². The fourth-order valence-electron chi connectivity index (χ4n) is 1.82. The molecule has 0 N–H and O–H groups in total. The Bertz CT molecular complexity index is 818. The van der Waals surface area contributed by atoms with Crippen LogP contribution in [0.4, 0.5) is 0 Å². The van der Waals surface area contributed by atoms with Crippen molar-refractivity contribution in [2.24, 2.45) is 0 Å². The second kappa shape index (κ2) is 6.08. The van der Waals surface area contributed by atoms with E-state index in [1.807, 2.05) is 0 Å². The van der Waals surface area contributed by atoms with Gasteiger partial charge in [0.25, 0.3) is 0 Å². The number of aromatic nitrogens is 2. The van der Waals surface area contributed by atoms with Gasteiger partial charge in [0.2, 0.25) is 0 Å². The van der Waals surface area contributed by atoms with Crippen molar-refractivity contribution >= 4 is 20.2 Å². The van der Waals surface area contributed by atoms with Gasteiger partial charge in [-0.05, 0) is 35.4 Å². The summed E-state index contributed by atoms with van der Waals surface area (Å²) in [5.74, 6) is -1.37. The van der Waals surface area contributed by atoms with E-state index in [1.54, 1.807) is 0 Å². The topological polar surface area (TPSA) is 140 Å². The molecule has 0 saturated carbocycles. The molecule has 2 rings (SSSR count). The molecule has 0 aromatic carbocycles. The van der Waals surface area contributed by atoms with Gasteiger partial charge < -0.3 is 9.11 Å². The highest BCUT2D eigenvalue weighted by Gasteiger charge is 2.07. The lowest BCUT2D eigenvalue weighted by molar-refractivity contribution is 0.459. The van der Waals surface area contributed by atoms with Crippen LogP contribution in [0.5, 0.6) is 0 Å². The minimum Gasteiger partial charge on any atom is -0.748 e. The molecule has 118 valence electrons. The minimum absolute atomic E-state index is 0.239. The first-order valence-corrected chi connectivity index (χ1v) is 9.05. The van der Waals surface area contributed by atoms with Gasteiger partial charge in [-0.3, -0.25) is 9.97 Å². The maximum atomic E-state index is 10.8. The van der Waals surface area contributed by atoms with Crippen molar-refractivity contribution in [1.82, 2.24) is 9.97 Å². The van der Waals surface area contributed by atoms with Crippen LogP contribution in [0.3, 0.4) is 0 Å². The van der Waals surface area contributed by atoms with Crippen LogP contribution >= 0.6 is 0 Å². The van der Waals surface area contributed by atoms with Gasteiger partial charge in [-0.15, -0.1) is 0 Å². The molecule has 0 bridgehead atoms. The molecule has 0 saturated heterocycles. The maximum absolute atomic E-state index is 10.8. The van der Waals surface area contributed by atoms with Crippen molar-refractivity contribution < 1.29 is 25.9 Å². The van der Waals surface area contributed by atoms with E-state index in [-0.39, 0.29) is 22.5 Å². The molecule has 8 nitrogen and oxygen atoms in total. The SMILES string of the molecule is O=S(=O)([O-])Cc1ccnc(-c2cc(CS(=O)(=O)[O-])ccn2)c1. The second-order valence-electron chi connectivity index (χ2n) is 4.50. The highest BCUT2D eigenvalue weighted by atomic mass is 32.2. The third-order valence-corrected chi connectivity index (χ3v) is 3.97. The molecule has 0 aliphatic heterocycles. The van der Waals surface area contributed by atoms with Gasteiger partial charge in [0.15, 0.2) is 0 Å². The largest absolute Gasteiger partial charge is 0.748 e. The molecule has 2 aromatic heterocycles. The van der Waals surface area contributed by atoms with Crippen LogP contribution in [0.1, 0.15) is 11.1 Å².